The van der Waals surface area contributed by atoms with E-state index >= 15 is 0 Å². The lowest BCUT2D eigenvalue weighted by Gasteiger charge is -2.09. The Bertz CT molecular complexity index is 728. The van der Waals surface area contributed by atoms with Gasteiger partial charge in [0.05, 0.1) is 6.10 Å². The topological polar surface area (TPSA) is 128 Å². The summed E-state index contributed by atoms with van der Waals surface area (Å²) in [5.74, 6) is 3.30. The van der Waals surface area contributed by atoms with E-state index in [9.17, 15) is 9.59 Å². The van der Waals surface area contributed by atoms with Crippen LogP contribution in [-0.4, -0.2) is 62.1 Å². The highest BCUT2D eigenvalue weighted by molar-refractivity contribution is 5.78. The molecule has 0 aliphatic heterocycles. The zero-order valence-electron chi connectivity index (χ0n) is 36.1. The first kappa shape index (κ1) is 56.3. The molecule has 0 atom stereocenters. The molecule has 0 aliphatic carbocycles. The van der Waals surface area contributed by atoms with Crippen LogP contribution in [0.2, 0.25) is 0 Å². The maximum absolute atomic E-state index is 11.0. The number of rotatable bonds is 18. The molecule has 0 rings (SSSR count). The van der Waals surface area contributed by atoms with Crippen molar-refractivity contribution in [2.75, 3.05) is 19.6 Å². The minimum atomic E-state index is -0.0399. The van der Waals surface area contributed by atoms with Crippen molar-refractivity contribution < 1.29 is 14.4 Å². The molecule has 0 fully saturated rings. The number of nitrogens with one attached hydrogen (secondary N) is 5. The Balaban J connectivity index is -0.000000165. The summed E-state index contributed by atoms with van der Waals surface area (Å²) in [4.78, 5) is 27.0. The van der Waals surface area contributed by atoms with Gasteiger partial charge in [0.15, 0.2) is 0 Å². The van der Waals surface area contributed by atoms with Crippen LogP contribution in [0.3, 0.4) is 0 Å². The zero-order chi connectivity index (χ0) is 39.5. The van der Waals surface area contributed by atoms with Gasteiger partial charge in [0.1, 0.15) is 0 Å². The van der Waals surface area contributed by atoms with Gasteiger partial charge < -0.3 is 16.1 Å². The maximum Gasteiger partial charge on any atom is 0.242 e. The lowest BCUT2D eigenvalue weighted by atomic mass is 10.1. The highest BCUT2D eigenvalue weighted by atomic mass is 16.7. The first-order chi connectivity index (χ1) is 22.5. The van der Waals surface area contributed by atoms with Crippen LogP contribution in [0.25, 0.3) is 0 Å². The second kappa shape index (κ2) is 38.8. The summed E-state index contributed by atoms with van der Waals surface area (Å²) in [5, 5.41) is 14.0. The van der Waals surface area contributed by atoms with E-state index in [-0.39, 0.29) is 29.8 Å². The number of carbonyl (C=O) groups excluding carboxylic acids is 2. The highest BCUT2D eigenvalue weighted by Crippen LogP contribution is 1.98. The van der Waals surface area contributed by atoms with Gasteiger partial charge in [0.2, 0.25) is 11.8 Å². The Hall–Kier alpha value is -2.04. The van der Waals surface area contributed by atoms with E-state index in [4.69, 9.17) is 4.84 Å². The number of hydrazone groups is 2. The average Bonchev–Trinajstić information content (AvgIpc) is 2.92. The molecule has 0 spiro atoms. The molecule has 5 N–H and O–H groups in total. The van der Waals surface area contributed by atoms with Crippen LogP contribution in [-0.2, 0) is 14.4 Å². The lowest BCUT2D eigenvalue weighted by Crippen LogP contribution is -2.29. The van der Waals surface area contributed by atoms with Gasteiger partial charge >= 0.3 is 0 Å². The third kappa shape index (κ3) is 68.7. The molecule has 0 radical (unpaired) electrons. The molecule has 0 unspecified atom stereocenters. The molecule has 0 aliphatic rings. The first-order valence-corrected chi connectivity index (χ1v) is 19.0. The second-order valence-electron chi connectivity index (χ2n) is 15.8. The molecule has 0 aromatic carbocycles. The molecule has 0 aromatic heterocycles. The Morgan fingerprint density at radius 2 is 1.02 bits per heavy atom. The van der Waals surface area contributed by atoms with Crippen molar-refractivity contribution in [1.82, 2.24) is 27.0 Å². The summed E-state index contributed by atoms with van der Waals surface area (Å²) in [6.45, 7) is 44.2. The van der Waals surface area contributed by atoms with Crippen LogP contribution in [0.15, 0.2) is 10.2 Å². The standard InChI is InChI=1S/C9H19NO.C8H16N2O.C8H19N.C7H16N2.C7H17NO/c1-7(2)5-6-10-9(11)8(3)4;1-6(2)5-9-10-8(11)7(3)4;1-7(2)5-6-9-8(3)4;2*1-6(2)5-8-9-7(3)4/h7-8H,5-6H2,1-4H3,(H,10,11);5-7H,1-4H3,(H,10,11);7-9H,5-6H2,1-4H3;5-7,9H,1-4H3;6-8H,5H2,1-4H3. The number of hydrogen-bond donors (Lipinski definition) is 5. The van der Waals surface area contributed by atoms with E-state index in [0.29, 0.717) is 35.8 Å². The molecule has 0 aromatic rings. The third-order valence-corrected chi connectivity index (χ3v) is 5.41. The normalized spacial score (nSPS) is 11.3. The maximum atomic E-state index is 11.0. The van der Waals surface area contributed by atoms with Crippen molar-refractivity contribution in [2.24, 2.45) is 51.6 Å². The van der Waals surface area contributed by atoms with E-state index in [1.165, 1.54) is 6.42 Å². The minimum Gasteiger partial charge on any atom is -0.356 e. The van der Waals surface area contributed by atoms with Crippen molar-refractivity contribution in [1.29, 1.82) is 0 Å². The Morgan fingerprint density at radius 3 is 1.37 bits per heavy atom. The third-order valence-electron chi connectivity index (χ3n) is 5.41. The van der Waals surface area contributed by atoms with Crippen molar-refractivity contribution >= 4 is 24.2 Å². The smallest absolute Gasteiger partial charge is 0.242 e. The number of hydroxylamine groups is 1. The summed E-state index contributed by atoms with van der Waals surface area (Å²) in [5.41, 5.74) is 8.27. The first-order valence-electron chi connectivity index (χ1n) is 19.0. The molecule has 0 heterocycles. The molecule has 0 saturated heterocycles. The van der Waals surface area contributed by atoms with Gasteiger partial charge in [-0.2, -0.15) is 10.2 Å². The Labute approximate surface area is 306 Å². The summed E-state index contributed by atoms with van der Waals surface area (Å²) in [6.07, 6.45) is 6.25. The quantitative estimate of drug-likeness (QED) is 0.0721. The van der Waals surface area contributed by atoms with Gasteiger partial charge in [-0.25, -0.2) is 10.9 Å². The van der Waals surface area contributed by atoms with E-state index in [0.717, 1.165) is 32.0 Å². The highest BCUT2D eigenvalue weighted by Gasteiger charge is 2.05. The van der Waals surface area contributed by atoms with E-state index < -0.39 is 0 Å². The lowest BCUT2D eigenvalue weighted by molar-refractivity contribution is -0.124. The van der Waals surface area contributed by atoms with Gasteiger partial charge in [0.25, 0.3) is 0 Å². The van der Waals surface area contributed by atoms with E-state index in [1.54, 1.807) is 6.21 Å². The van der Waals surface area contributed by atoms with E-state index in [2.05, 4.69) is 120 Å². The molecule has 0 bridgehead atoms. The summed E-state index contributed by atoms with van der Waals surface area (Å²) in [7, 11) is 0. The fraction of sp³-hybridized carbons (Fsp3) is 0.897. The van der Waals surface area contributed by atoms with Gasteiger partial charge in [-0.05, 0) is 76.7 Å². The molecule has 10 nitrogen and oxygen atoms in total. The van der Waals surface area contributed by atoms with Crippen LogP contribution in [0.1, 0.15) is 151 Å². The molecular formula is C39H87N7O3. The summed E-state index contributed by atoms with van der Waals surface area (Å²) >= 11 is 0. The van der Waals surface area contributed by atoms with Gasteiger partial charge in [0, 0.05) is 49.4 Å². The molecule has 2 amide bonds. The van der Waals surface area contributed by atoms with Crippen molar-refractivity contribution in [2.45, 2.75) is 170 Å². The molecule has 296 valence electrons. The molecule has 49 heavy (non-hydrogen) atoms. The number of hydrogen-bond acceptors (Lipinski definition) is 8. The van der Waals surface area contributed by atoms with Gasteiger partial charge in [-0.15, -0.1) is 0 Å². The van der Waals surface area contributed by atoms with Gasteiger partial charge in [-0.1, -0.05) is 111 Å². The molecule has 10 heteroatoms. The summed E-state index contributed by atoms with van der Waals surface area (Å²) < 4.78 is 0. The molecule has 0 saturated carbocycles. The zero-order valence-corrected chi connectivity index (χ0v) is 36.1. The van der Waals surface area contributed by atoms with Crippen molar-refractivity contribution in [3.63, 3.8) is 0 Å². The molecular weight excluding hydrogens is 614 g/mol. The van der Waals surface area contributed by atoms with E-state index in [1.807, 2.05) is 61.6 Å². The van der Waals surface area contributed by atoms with Crippen LogP contribution < -0.4 is 27.0 Å². The number of carbonyl (C=O) groups is 2. The average molecular weight is 702 g/mol. The second-order valence-corrected chi connectivity index (χ2v) is 15.8. The number of nitrogens with zero attached hydrogens (tertiary/aromatic N) is 2. The van der Waals surface area contributed by atoms with Crippen LogP contribution >= 0.6 is 0 Å². The largest absolute Gasteiger partial charge is 0.356 e. The van der Waals surface area contributed by atoms with Crippen LogP contribution in [0, 0.1) is 41.4 Å². The van der Waals surface area contributed by atoms with Crippen molar-refractivity contribution in [3.8, 4) is 0 Å². The number of amides is 2. The predicted octanol–water partition coefficient (Wildman–Crippen LogP) is 8.43. The monoisotopic (exact) mass is 702 g/mol. The fourth-order valence-corrected chi connectivity index (χ4v) is 2.45. The Kier molecular flexibility index (Phi) is 44.6. The Morgan fingerprint density at radius 1 is 0.571 bits per heavy atom. The summed E-state index contributed by atoms with van der Waals surface area (Å²) in [6, 6.07) is 1.09. The minimum absolute atomic E-state index is 0.000637. The fourth-order valence-electron chi connectivity index (χ4n) is 2.45. The predicted molar refractivity (Wildman–Crippen MR) is 217 cm³/mol. The van der Waals surface area contributed by atoms with Crippen LogP contribution in [0.5, 0.6) is 0 Å². The van der Waals surface area contributed by atoms with Gasteiger partial charge in [-0.3, -0.25) is 14.4 Å². The van der Waals surface area contributed by atoms with Crippen LogP contribution in [0.4, 0.5) is 0 Å². The van der Waals surface area contributed by atoms with Crippen molar-refractivity contribution in [3.05, 3.63) is 0 Å². The SMILES string of the molecule is CC(C)C=NNC(=O)C(C)C.CC(C)C=NNC(C)C.CC(C)CCNC(=O)C(C)C.CC(C)CCNC(C)C.CC(C)CNOC(C)C.